The minimum atomic E-state index is -0.812. The quantitative estimate of drug-likeness (QED) is 0.249. The summed E-state index contributed by atoms with van der Waals surface area (Å²) in [5.74, 6) is -0.523. The van der Waals surface area contributed by atoms with Crippen LogP contribution in [0.15, 0.2) is 24.3 Å². The number of hydrogen-bond acceptors (Lipinski definition) is 7. The van der Waals surface area contributed by atoms with Crippen LogP contribution in [0, 0.1) is 5.92 Å². The second-order valence-corrected chi connectivity index (χ2v) is 10.1. The van der Waals surface area contributed by atoms with Crippen molar-refractivity contribution >= 4 is 23.6 Å². The average Bonchev–Trinajstić information content (AvgIpc) is 3.32. The summed E-state index contributed by atoms with van der Waals surface area (Å²) in [6.45, 7) is 2.49. The second-order valence-electron chi connectivity index (χ2n) is 10.1. The minimum Gasteiger partial charge on any atom is -0.497 e. The summed E-state index contributed by atoms with van der Waals surface area (Å²) in [7, 11) is 1.62. The Labute approximate surface area is 224 Å². The number of nitrogens with zero attached hydrogens (tertiary/aromatic N) is 1. The van der Waals surface area contributed by atoms with Crippen molar-refractivity contribution in [2.45, 2.75) is 76.0 Å². The predicted molar refractivity (Wildman–Crippen MR) is 143 cm³/mol. The number of ether oxygens (including phenoxy) is 1. The van der Waals surface area contributed by atoms with Crippen molar-refractivity contribution < 1.29 is 23.9 Å². The Morgan fingerprint density at radius 2 is 1.79 bits per heavy atom. The van der Waals surface area contributed by atoms with Crippen LogP contribution < -0.4 is 32.2 Å². The van der Waals surface area contributed by atoms with Gasteiger partial charge in [0.1, 0.15) is 17.8 Å². The van der Waals surface area contributed by atoms with Gasteiger partial charge in [-0.25, -0.2) is 0 Å². The molecule has 0 saturated carbocycles. The van der Waals surface area contributed by atoms with Gasteiger partial charge in [0.2, 0.25) is 23.6 Å². The molecule has 1 aromatic carbocycles. The maximum Gasteiger partial charge on any atom is 0.246 e. The molecule has 3 rings (SSSR count). The molecule has 2 heterocycles. The third kappa shape index (κ3) is 7.44. The van der Waals surface area contributed by atoms with Gasteiger partial charge in [-0.3, -0.25) is 19.2 Å². The zero-order valence-corrected chi connectivity index (χ0v) is 22.4. The maximum atomic E-state index is 13.9. The van der Waals surface area contributed by atoms with Gasteiger partial charge in [0.15, 0.2) is 0 Å². The van der Waals surface area contributed by atoms with E-state index < -0.39 is 18.1 Å². The minimum absolute atomic E-state index is 0.0669. The van der Waals surface area contributed by atoms with Crippen molar-refractivity contribution in [1.82, 2.24) is 20.9 Å². The highest BCUT2D eigenvalue weighted by Gasteiger charge is 2.47. The van der Waals surface area contributed by atoms with Gasteiger partial charge in [-0.05, 0) is 68.6 Å². The lowest BCUT2D eigenvalue weighted by Crippen LogP contribution is -2.58. The molecule has 5 atom stereocenters. The number of rotatable bonds is 12. The standard InChI is InChI=1S/C27H42N6O5/c1-3-21(29)25(35)32-24-18(13-15-30-23(34)16-28)6-7-19-8-11-22(33(19)27(24)37)26(36)31-14-12-17-4-9-20(38-2)10-5-17/h4-5,9-10,18-19,21-22,24H,3,6-8,11-16,28-29H2,1-2H3,(H,30,34)(H,31,36)(H,32,35)/t18-,19+,21+,22+,24?/m1/s1. The highest BCUT2D eigenvalue weighted by Crippen LogP contribution is 2.35. The number of hydrogen-bond donors (Lipinski definition) is 5. The van der Waals surface area contributed by atoms with Crippen molar-refractivity contribution in [2.24, 2.45) is 17.4 Å². The molecule has 0 aromatic heterocycles. The van der Waals surface area contributed by atoms with Crippen molar-refractivity contribution in [1.29, 1.82) is 0 Å². The van der Waals surface area contributed by atoms with E-state index in [1.807, 2.05) is 31.2 Å². The normalized spacial score (nSPS) is 23.7. The van der Waals surface area contributed by atoms with Gasteiger partial charge in [-0.15, -0.1) is 0 Å². The first-order valence-electron chi connectivity index (χ1n) is 13.5. The molecule has 210 valence electrons. The predicted octanol–water partition coefficient (Wildman–Crippen LogP) is -0.189. The highest BCUT2D eigenvalue weighted by molar-refractivity contribution is 5.94. The number of carbonyl (C=O) groups excluding carboxylic acids is 4. The van der Waals surface area contributed by atoms with E-state index in [1.54, 1.807) is 12.0 Å². The summed E-state index contributed by atoms with van der Waals surface area (Å²) in [6, 6.07) is 5.48. The van der Waals surface area contributed by atoms with Crippen molar-refractivity contribution in [3.63, 3.8) is 0 Å². The van der Waals surface area contributed by atoms with Gasteiger partial charge >= 0.3 is 0 Å². The van der Waals surface area contributed by atoms with E-state index in [0.29, 0.717) is 45.2 Å². The van der Waals surface area contributed by atoms with Gasteiger partial charge in [-0.1, -0.05) is 19.1 Å². The fraction of sp³-hybridized carbons (Fsp3) is 0.630. The molecule has 4 amide bonds. The first kappa shape index (κ1) is 29.4. The Morgan fingerprint density at radius 1 is 1.08 bits per heavy atom. The van der Waals surface area contributed by atoms with Crippen LogP contribution in [0.3, 0.4) is 0 Å². The van der Waals surface area contributed by atoms with Crippen LogP contribution >= 0.6 is 0 Å². The third-order valence-corrected chi connectivity index (χ3v) is 7.64. The Morgan fingerprint density at radius 3 is 2.45 bits per heavy atom. The molecule has 2 saturated heterocycles. The molecule has 11 nitrogen and oxygen atoms in total. The SMILES string of the molecule is CC[C@H](N)C(=O)NC1C(=O)N2[C@@H](CC[C@@H]1CCNC(=O)CN)CC[C@H]2C(=O)NCCc1ccc(OC)cc1. The molecular weight excluding hydrogens is 488 g/mol. The van der Waals surface area contributed by atoms with E-state index in [4.69, 9.17) is 16.2 Å². The summed E-state index contributed by atoms with van der Waals surface area (Å²) < 4.78 is 5.18. The molecule has 1 aromatic rings. The van der Waals surface area contributed by atoms with Gasteiger partial charge in [0.05, 0.1) is 19.7 Å². The smallest absolute Gasteiger partial charge is 0.246 e. The Hall–Kier alpha value is -3.18. The Kier molecular flexibility index (Phi) is 10.9. The van der Waals surface area contributed by atoms with Crippen LogP contribution in [0.4, 0.5) is 0 Å². The van der Waals surface area contributed by atoms with Crippen LogP contribution in [-0.4, -0.2) is 79.4 Å². The largest absolute Gasteiger partial charge is 0.497 e. The van der Waals surface area contributed by atoms with E-state index in [2.05, 4.69) is 16.0 Å². The summed E-state index contributed by atoms with van der Waals surface area (Å²) in [4.78, 5) is 53.1. The maximum absolute atomic E-state index is 13.9. The number of nitrogens with one attached hydrogen (secondary N) is 3. The topological polar surface area (TPSA) is 169 Å². The molecule has 0 radical (unpaired) electrons. The molecule has 0 spiro atoms. The van der Waals surface area contributed by atoms with Crippen LogP contribution in [0.2, 0.25) is 0 Å². The average molecular weight is 531 g/mol. The molecule has 38 heavy (non-hydrogen) atoms. The molecular formula is C27H42N6O5. The van der Waals surface area contributed by atoms with E-state index in [0.717, 1.165) is 24.2 Å². The lowest BCUT2D eigenvalue weighted by atomic mass is 9.90. The molecule has 2 aliphatic heterocycles. The van der Waals surface area contributed by atoms with Crippen molar-refractivity contribution in [2.75, 3.05) is 26.7 Å². The molecule has 2 aliphatic rings. The number of nitrogens with two attached hydrogens (primary N) is 2. The van der Waals surface area contributed by atoms with Crippen LogP contribution in [0.5, 0.6) is 5.75 Å². The lowest BCUT2D eigenvalue weighted by molar-refractivity contribution is -0.143. The molecule has 7 N–H and O–H groups in total. The summed E-state index contributed by atoms with van der Waals surface area (Å²) in [5.41, 5.74) is 12.4. The van der Waals surface area contributed by atoms with E-state index >= 15 is 0 Å². The first-order valence-corrected chi connectivity index (χ1v) is 13.5. The van der Waals surface area contributed by atoms with Crippen LogP contribution in [-0.2, 0) is 25.6 Å². The zero-order valence-electron chi connectivity index (χ0n) is 22.4. The number of amides is 4. The van der Waals surface area contributed by atoms with Gasteiger partial charge in [0.25, 0.3) is 0 Å². The van der Waals surface area contributed by atoms with Crippen molar-refractivity contribution in [3.05, 3.63) is 29.8 Å². The van der Waals surface area contributed by atoms with Gasteiger partial charge in [0, 0.05) is 19.1 Å². The van der Waals surface area contributed by atoms with Crippen molar-refractivity contribution in [3.8, 4) is 5.75 Å². The van der Waals surface area contributed by atoms with E-state index in [1.165, 1.54) is 0 Å². The molecule has 0 bridgehead atoms. The lowest BCUT2D eigenvalue weighted by Gasteiger charge is -2.32. The molecule has 0 aliphatic carbocycles. The molecule has 1 unspecified atom stereocenters. The zero-order chi connectivity index (χ0) is 27.7. The first-order chi connectivity index (χ1) is 18.3. The highest BCUT2D eigenvalue weighted by atomic mass is 16.5. The Balaban J connectivity index is 1.68. The van der Waals surface area contributed by atoms with Crippen LogP contribution in [0.1, 0.15) is 51.0 Å². The third-order valence-electron chi connectivity index (χ3n) is 7.64. The number of fused-ring (bicyclic) bond motifs is 1. The molecule has 2 fully saturated rings. The number of methoxy groups -OCH3 is 1. The van der Waals surface area contributed by atoms with E-state index in [-0.39, 0.29) is 42.1 Å². The Bertz CT molecular complexity index is 971. The van der Waals surface area contributed by atoms with Gasteiger partial charge < -0.3 is 37.1 Å². The fourth-order valence-corrected chi connectivity index (χ4v) is 5.34. The molecule has 11 heteroatoms. The summed E-state index contributed by atoms with van der Waals surface area (Å²) in [6.07, 6.45) is 4.32. The monoisotopic (exact) mass is 530 g/mol. The number of carbonyl (C=O) groups is 4. The van der Waals surface area contributed by atoms with E-state index in [9.17, 15) is 19.2 Å². The number of benzene rings is 1. The fourth-order valence-electron chi connectivity index (χ4n) is 5.34. The summed E-state index contributed by atoms with van der Waals surface area (Å²) in [5, 5.41) is 8.61. The second kappa shape index (κ2) is 14.1. The summed E-state index contributed by atoms with van der Waals surface area (Å²) >= 11 is 0. The van der Waals surface area contributed by atoms with Gasteiger partial charge in [-0.2, -0.15) is 0 Å². The van der Waals surface area contributed by atoms with Crippen LogP contribution in [0.25, 0.3) is 0 Å².